The van der Waals surface area contributed by atoms with Crippen LogP contribution in [-0.2, 0) is 7.05 Å². The number of pyridine rings is 1. The first-order chi connectivity index (χ1) is 15.9. The highest BCUT2D eigenvalue weighted by molar-refractivity contribution is 5.95. The average molecular weight is 422 g/mol. The van der Waals surface area contributed by atoms with Crippen LogP contribution in [0.1, 0.15) is 69.4 Å². The summed E-state index contributed by atoms with van der Waals surface area (Å²) in [7, 11) is 2.03. The van der Waals surface area contributed by atoms with Crippen molar-refractivity contribution in [3.63, 3.8) is 0 Å². The van der Waals surface area contributed by atoms with Crippen LogP contribution < -0.4 is 4.57 Å². The molecule has 0 unspecified atom stereocenters. The first-order valence-corrected chi connectivity index (χ1v) is 12.1. The highest BCUT2D eigenvalue weighted by atomic mass is 14.9. The van der Waals surface area contributed by atoms with Crippen LogP contribution in [0.3, 0.4) is 0 Å². The number of benzene rings is 3. The van der Waals surface area contributed by atoms with Gasteiger partial charge in [0.25, 0.3) is 0 Å². The largest absolute Gasteiger partial charge is 0.220 e. The lowest BCUT2D eigenvalue weighted by Crippen LogP contribution is -2.31. The molecule has 32 heavy (non-hydrogen) atoms. The Balaban J connectivity index is 1.77. The standard InChI is InChI=1S/C31H34N/c1-21(2)29-19-27(24-10-6-5-7-11-24)20-30(22(29)3)31-28-15-14-25(23-12-8-9-13-23)18-26(28)16-17-32(31)4/h5-7,10-11,14-21,23H,8-9,12-13H2,1-4H3/q+1/i17D. The SMILES string of the molecule is [2H]c1cc2cc(C3CCCC3)ccc2c(-c2cc(-c3ccccc3)cc(C(C)C)c2C)[n+]1C. The van der Waals surface area contributed by atoms with Crippen molar-refractivity contribution in [2.45, 2.75) is 58.3 Å². The van der Waals surface area contributed by atoms with Crippen LogP contribution in [0.2, 0.25) is 0 Å². The smallest absolute Gasteiger partial charge is 0.200 e. The lowest BCUT2D eigenvalue weighted by atomic mass is 9.87. The van der Waals surface area contributed by atoms with Crippen molar-refractivity contribution in [3.05, 3.63) is 89.6 Å². The van der Waals surface area contributed by atoms with E-state index in [-0.39, 0.29) is 0 Å². The van der Waals surface area contributed by atoms with Gasteiger partial charge in [0.2, 0.25) is 5.69 Å². The second kappa shape index (κ2) is 8.54. The Morgan fingerprint density at radius 3 is 2.38 bits per heavy atom. The van der Waals surface area contributed by atoms with Crippen molar-refractivity contribution in [1.82, 2.24) is 0 Å². The minimum absolute atomic E-state index is 0.428. The van der Waals surface area contributed by atoms with Crippen LogP contribution in [0, 0.1) is 6.92 Å². The number of hydrogen-bond acceptors (Lipinski definition) is 0. The molecule has 1 aliphatic rings. The highest BCUT2D eigenvalue weighted by Gasteiger charge is 2.23. The zero-order valence-corrected chi connectivity index (χ0v) is 19.8. The van der Waals surface area contributed by atoms with Crippen LogP contribution in [0.15, 0.2) is 72.9 Å². The van der Waals surface area contributed by atoms with E-state index >= 15 is 0 Å². The van der Waals surface area contributed by atoms with Gasteiger partial charge >= 0.3 is 0 Å². The average Bonchev–Trinajstić information content (AvgIpc) is 3.36. The van der Waals surface area contributed by atoms with E-state index in [2.05, 4.69) is 86.0 Å². The fourth-order valence-corrected chi connectivity index (χ4v) is 5.55. The Bertz CT molecular complexity index is 1310. The van der Waals surface area contributed by atoms with Gasteiger partial charge in [0.15, 0.2) is 6.17 Å². The van der Waals surface area contributed by atoms with E-state index in [0.29, 0.717) is 18.0 Å². The predicted molar refractivity (Wildman–Crippen MR) is 136 cm³/mol. The Kier molecular flexibility index (Phi) is 5.27. The first kappa shape index (κ1) is 19.7. The summed E-state index contributed by atoms with van der Waals surface area (Å²) in [5, 5.41) is 2.42. The van der Waals surface area contributed by atoms with E-state index in [1.165, 1.54) is 69.8 Å². The van der Waals surface area contributed by atoms with E-state index in [1.54, 1.807) is 0 Å². The molecule has 0 bridgehead atoms. The number of fused-ring (bicyclic) bond motifs is 1. The van der Waals surface area contributed by atoms with Crippen molar-refractivity contribution in [2.24, 2.45) is 7.05 Å². The summed E-state index contributed by atoms with van der Waals surface area (Å²) in [6.45, 7) is 6.79. The minimum atomic E-state index is 0.428. The van der Waals surface area contributed by atoms with E-state index in [0.717, 1.165) is 5.69 Å². The van der Waals surface area contributed by atoms with Crippen LogP contribution in [-0.4, -0.2) is 0 Å². The van der Waals surface area contributed by atoms with Crippen molar-refractivity contribution in [2.75, 3.05) is 0 Å². The van der Waals surface area contributed by atoms with Gasteiger partial charge in [0, 0.05) is 6.07 Å². The van der Waals surface area contributed by atoms with Gasteiger partial charge in [-0.1, -0.05) is 75.2 Å². The van der Waals surface area contributed by atoms with Gasteiger partial charge in [-0.05, 0) is 76.9 Å². The molecule has 3 aromatic carbocycles. The van der Waals surface area contributed by atoms with Crippen molar-refractivity contribution in [3.8, 4) is 22.4 Å². The Labute approximate surface area is 194 Å². The third kappa shape index (κ3) is 3.75. The molecule has 1 heterocycles. The fourth-order valence-electron chi connectivity index (χ4n) is 5.55. The lowest BCUT2D eigenvalue weighted by molar-refractivity contribution is -0.659. The van der Waals surface area contributed by atoms with Gasteiger partial charge in [0.1, 0.15) is 8.42 Å². The second-order valence-electron chi connectivity index (χ2n) is 9.77. The number of hydrogen-bond donors (Lipinski definition) is 0. The van der Waals surface area contributed by atoms with Gasteiger partial charge in [0.05, 0.1) is 10.9 Å². The summed E-state index contributed by atoms with van der Waals surface area (Å²) in [6, 6.07) is 24.4. The Morgan fingerprint density at radius 2 is 1.66 bits per heavy atom. The van der Waals surface area contributed by atoms with Crippen LogP contribution >= 0.6 is 0 Å². The van der Waals surface area contributed by atoms with Gasteiger partial charge in [-0.25, -0.2) is 4.57 Å². The molecule has 1 fully saturated rings. The third-order valence-corrected chi connectivity index (χ3v) is 7.34. The van der Waals surface area contributed by atoms with Gasteiger partial charge in [-0.3, -0.25) is 0 Å². The molecular formula is C31H34N+. The fraction of sp³-hybridized carbons (Fsp3) is 0.323. The number of nitrogens with zero attached hydrogens (tertiary/aromatic N) is 1. The molecule has 1 nitrogen and oxygen atoms in total. The van der Waals surface area contributed by atoms with E-state index in [4.69, 9.17) is 1.37 Å². The van der Waals surface area contributed by atoms with E-state index in [1.807, 2.05) is 13.1 Å². The van der Waals surface area contributed by atoms with Gasteiger partial charge in [-0.2, -0.15) is 0 Å². The van der Waals surface area contributed by atoms with Crippen molar-refractivity contribution >= 4 is 10.8 Å². The molecule has 0 spiro atoms. The molecule has 0 aliphatic heterocycles. The summed E-state index contributed by atoms with van der Waals surface area (Å²) in [4.78, 5) is 0. The third-order valence-electron chi connectivity index (χ3n) is 7.34. The Morgan fingerprint density at radius 1 is 0.906 bits per heavy atom. The molecule has 1 heteroatoms. The molecule has 0 atom stereocenters. The van der Waals surface area contributed by atoms with Crippen LogP contribution in [0.5, 0.6) is 0 Å². The minimum Gasteiger partial charge on any atom is -0.200 e. The van der Waals surface area contributed by atoms with Gasteiger partial charge in [-0.15, -0.1) is 0 Å². The quantitative estimate of drug-likeness (QED) is 0.293. The molecule has 5 rings (SSSR count). The lowest BCUT2D eigenvalue weighted by Gasteiger charge is -2.18. The predicted octanol–water partition coefficient (Wildman–Crippen LogP) is 8.09. The van der Waals surface area contributed by atoms with Crippen LogP contribution in [0.4, 0.5) is 0 Å². The summed E-state index contributed by atoms with van der Waals surface area (Å²) in [6.07, 6.45) is 5.82. The molecular weight excluding hydrogens is 386 g/mol. The summed E-state index contributed by atoms with van der Waals surface area (Å²) in [5.74, 6) is 1.11. The molecule has 0 radical (unpaired) electrons. The molecule has 4 aromatic rings. The maximum absolute atomic E-state index is 8.76. The first-order valence-electron chi connectivity index (χ1n) is 12.6. The molecule has 1 aliphatic carbocycles. The molecule has 0 amide bonds. The molecule has 1 saturated carbocycles. The second-order valence-corrected chi connectivity index (χ2v) is 9.77. The molecule has 1 aromatic heterocycles. The number of aromatic nitrogens is 1. The van der Waals surface area contributed by atoms with Crippen molar-refractivity contribution < 1.29 is 5.94 Å². The zero-order chi connectivity index (χ0) is 23.1. The Hall–Kier alpha value is -2.93. The summed E-state index contributed by atoms with van der Waals surface area (Å²) >= 11 is 0. The summed E-state index contributed by atoms with van der Waals surface area (Å²) in [5.41, 5.74) is 8.98. The highest BCUT2D eigenvalue weighted by Crippen LogP contribution is 2.39. The summed E-state index contributed by atoms with van der Waals surface area (Å²) < 4.78 is 10.8. The van der Waals surface area contributed by atoms with Crippen LogP contribution in [0.25, 0.3) is 33.2 Å². The number of rotatable bonds is 4. The maximum Gasteiger partial charge on any atom is 0.220 e. The topological polar surface area (TPSA) is 3.88 Å². The normalized spacial score (nSPS) is 15.0. The molecule has 162 valence electrons. The van der Waals surface area contributed by atoms with Gasteiger partial charge < -0.3 is 0 Å². The monoisotopic (exact) mass is 421 g/mol. The zero-order valence-electron chi connectivity index (χ0n) is 20.8. The van der Waals surface area contributed by atoms with E-state index in [9.17, 15) is 0 Å². The van der Waals surface area contributed by atoms with E-state index < -0.39 is 0 Å². The molecule has 0 saturated heterocycles. The van der Waals surface area contributed by atoms with Crippen molar-refractivity contribution in [1.29, 1.82) is 0 Å². The molecule has 0 N–H and O–H groups in total. The maximum atomic E-state index is 8.76.